The third-order valence-corrected chi connectivity index (χ3v) is 4.29. The van der Waals surface area contributed by atoms with Crippen molar-refractivity contribution in [1.29, 1.82) is 0 Å². The summed E-state index contributed by atoms with van der Waals surface area (Å²) in [5, 5.41) is 15.6. The zero-order valence-electron chi connectivity index (χ0n) is 17.2. The van der Waals surface area contributed by atoms with Crippen LogP contribution in [0.1, 0.15) is 29.2 Å². The highest BCUT2D eigenvalue weighted by Crippen LogP contribution is 2.28. The molecule has 2 rings (SSSR count). The number of nitrogens with one attached hydrogen (secondary N) is 2. The summed E-state index contributed by atoms with van der Waals surface area (Å²) in [5.74, 6) is 2.01. The van der Waals surface area contributed by atoms with Crippen LogP contribution in [0.25, 0.3) is 0 Å². The first-order valence-electron chi connectivity index (χ1n) is 9.56. The fourth-order valence-electron chi connectivity index (χ4n) is 2.82. The molecule has 0 amide bonds. The molecule has 6 heteroatoms. The minimum absolute atomic E-state index is 0.0344. The van der Waals surface area contributed by atoms with Gasteiger partial charge in [-0.05, 0) is 49.6 Å². The van der Waals surface area contributed by atoms with Crippen molar-refractivity contribution in [1.82, 2.24) is 10.6 Å². The van der Waals surface area contributed by atoms with Crippen LogP contribution in [0.15, 0.2) is 41.4 Å². The molecule has 0 fully saturated rings. The van der Waals surface area contributed by atoms with Crippen molar-refractivity contribution < 1.29 is 14.6 Å². The predicted molar refractivity (Wildman–Crippen MR) is 113 cm³/mol. The van der Waals surface area contributed by atoms with Gasteiger partial charge in [0.05, 0.1) is 20.3 Å². The van der Waals surface area contributed by atoms with Crippen LogP contribution in [-0.2, 0) is 13.1 Å². The van der Waals surface area contributed by atoms with Gasteiger partial charge in [0.1, 0.15) is 6.61 Å². The Bertz CT molecular complexity index is 791. The molecule has 0 spiro atoms. The summed E-state index contributed by atoms with van der Waals surface area (Å²) < 4.78 is 10.8. The molecule has 0 aliphatic heterocycles. The smallest absolute Gasteiger partial charge is 0.191 e. The summed E-state index contributed by atoms with van der Waals surface area (Å²) in [6, 6.07) is 12.2. The molecule has 0 saturated heterocycles. The Balaban J connectivity index is 2.05. The predicted octanol–water partition coefficient (Wildman–Crippen LogP) is 2.94. The zero-order chi connectivity index (χ0) is 20.4. The van der Waals surface area contributed by atoms with Gasteiger partial charge < -0.3 is 25.2 Å². The van der Waals surface area contributed by atoms with Gasteiger partial charge in [-0.25, -0.2) is 4.99 Å². The number of aryl methyl sites for hydroxylation is 2. The van der Waals surface area contributed by atoms with Gasteiger partial charge in [0.2, 0.25) is 0 Å². The van der Waals surface area contributed by atoms with E-state index in [9.17, 15) is 0 Å². The van der Waals surface area contributed by atoms with Gasteiger partial charge in [0, 0.05) is 13.1 Å². The standard InChI is InChI=1S/C22H31N3O3/c1-5-23-22(25-15-19-8-6-16(2)12-17(19)3)24-14-18-7-9-20(28-11-10-26)21(13-18)27-4/h6-9,12-13,26H,5,10-11,14-15H2,1-4H3,(H2,23,24,25). The normalized spacial score (nSPS) is 11.2. The number of benzene rings is 2. The molecule has 0 aliphatic carbocycles. The second-order valence-corrected chi connectivity index (χ2v) is 6.54. The molecule has 152 valence electrons. The molecule has 0 radical (unpaired) electrons. The first kappa shape index (κ1) is 21.6. The van der Waals surface area contributed by atoms with Crippen molar-refractivity contribution in [3.05, 3.63) is 58.7 Å². The van der Waals surface area contributed by atoms with E-state index < -0.39 is 0 Å². The van der Waals surface area contributed by atoms with Crippen molar-refractivity contribution in [3.8, 4) is 11.5 Å². The lowest BCUT2D eigenvalue weighted by atomic mass is 10.1. The maximum atomic E-state index is 8.91. The van der Waals surface area contributed by atoms with Crippen LogP contribution in [0.4, 0.5) is 0 Å². The molecule has 2 aromatic rings. The number of rotatable bonds is 9. The highest BCUT2D eigenvalue weighted by Gasteiger charge is 2.06. The first-order valence-corrected chi connectivity index (χ1v) is 9.56. The number of ether oxygens (including phenoxy) is 2. The third kappa shape index (κ3) is 6.46. The molecule has 0 bridgehead atoms. The SMILES string of the molecule is CCNC(=NCc1ccc(OCCO)c(OC)c1)NCc1ccc(C)cc1C. The summed E-state index contributed by atoms with van der Waals surface area (Å²) in [4.78, 5) is 4.67. The highest BCUT2D eigenvalue weighted by atomic mass is 16.5. The number of aliphatic imine (C=N–C) groups is 1. The highest BCUT2D eigenvalue weighted by molar-refractivity contribution is 5.79. The van der Waals surface area contributed by atoms with Crippen molar-refractivity contribution in [2.45, 2.75) is 33.9 Å². The molecular formula is C22H31N3O3. The fraction of sp³-hybridized carbons (Fsp3) is 0.409. The zero-order valence-corrected chi connectivity index (χ0v) is 17.2. The number of aliphatic hydroxyl groups is 1. The second-order valence-electron chi connectivity index (χ2n) is 6.54. The first-order chi connectivity index (χ1) is 13.6. The Hall–Kier alpha value is -2.73. The van der Waals surface area contributed by atoms with Crippen LogP contribution in [0.3, 0.4) is 0 Å². The van der Waals surface area contributed by atoms with Crippen LogP contribution in [0.5, 0.6) is 11.5 Å². The molecule has 6 nitrogen and oxygen atoms in total. The summed E-state index contributed by atoms with van der Waals surface area (Å²) in [6.07, 6.45) is 0. The molecule has 3 N–H and O–H groups in total. The number of hydrogen-bond donors (Lipinski definition) is 3. The van der Waals surface area contributed by atoms with Gasteiger partial charge in [0.15, 0.2) is 17.5 Å². The van der Waals surface area contributed by atoms with Crippen LogP contribution in [0, 0.1) is 13.8 Å². The summed E-state index contributed by atoms with van der Waals surface area (Å²) in [5.41, 5.74) is 4.80. The molecule has 2 aromatic carbocycles. The lowest BCUT2D eigenvalue weighted by molar-refractivity contribution is 0.196. The van der Waals surface area contributed by atoms with E-state index in [-0.39, 0.29) is 13.2 Å². The molecular weight excluding hydrogens is 354 g/mol. The van der Waals surface area contributed by atoms with Crippen molar-refractivity contribution in [2.24, 2.45) is 4.99 Å². The topological polar surface area (TPSA) is 75.1 Å². The molecule has 0 atom stereocenters. The van der Waals surface area contributed by atoms with E-state index in [2.05, 4.69) is 47.7 Å². The minimum atomic E-state index is -0.0344. The van der Waals surface area contributed by atoms with E-state index in [1.165, 1.54) is 16.7 Å². The Morgan fingerprint density at radius 1 is 1.07 bits per heavy atom. The third-order valence-electron chi connectivity index (χ3n) is 4.29. The lowest BCUT2D eigenvalue weighted by Gasteiger charge is -2.14. The summed E-state index contributed by atoms with van der Waals surface area (Å²) in [7, 11) is 1.60. The fourth-order valence-corrected chi connectivity index (χ4v) is 2.82. The van der Waals surface area contributed by atoms with E-state index >= 15 is 0 Å². The average molecular weight is 386 g/mol. The number of methoxy groups -OCH3 is 1. The number of nitrogens with zero attached hydrogens (tertiary/aromatic N) is 1. The molecule has 0 saturated carbocycles. The number of hydrogen-bond acceptors (Lipinski definition) is 4. The maximum Gasteiger partial charge on any atom is 0.191 e. The van der Waals surface area contributed by atoms with E-state index in [1.807, 2.05) is 25.1 Å². The quantitative estimate of drug-likeness (QED) is 0.457. The summed E-state index contributed by atoms with van der Waals surface area (Å²) in [6.45, 7) is 8.49. The Morgan fingerprint density at radius 3 is 2.57 bits per heavy atom. The van der Waals surface area contributed by atoms with Crippen LogP contribution in [0.2, 0.25) is 0 Å². The molecule has 0 unspecified atom stereocenters. The second kappa shape index (κ2) is 11.2. The Labute approximate surface area is 167 Å². The maximum absolute atomic E-state index is 8.91. The van der Waals surface area contributed by atoms with Crippen LogP contribution < -0.4 is 20.1 Å². The van der Waals surface area contributed by atoms with Gasteiger partial charge in [0.25, 0.3) is 0 Å². The van der Waals surface area contributed by atoms with Crippen LogP contribution >= 0.6 is 0 Å². The Morgan fingerprint density at radius 2 is 1.89 bits per heavy atom. The number of aliphatic hydroxyl groups excluding tert-OH is 1. The van der Waals surface area contributed by atoms with E-state index in [1.54, 1.807) is 7.11 Å². The van der Waals surface area contributed by atoms with Gasteiger partial charge in [-0.1, -0.05) is 29.8 Å². The Kier molecular flexibility index (Phi) is 8.62. The van der Waals surface area contributed by atoms with Gasteiger partial charge in [-0.2, -0.15) is 0 Å². The summed E-state index contributed by atoms with van der Waals surface area (Å²) >= 11 is 0. The van der Waals surface area contributed by atoms with Gasteiger partial charge in [-0.3, -0.25) is 0 Å². The largest absolute Gasteiger partial charge is 0.493 e. The monoisotopic (exact) mass is 385 g/mol. The van der Waals surface area contributed by atoms with Crippen LogP contribution in [-0.4, -0.2) is 37.9 Å². The minimum Gasteiger partial charge on any atom is -0.493 e. The van der Waals surface area contributed by atoms with Gasteiger partial charge >= 0.3 is 0 Å². The van der Waals surface area contributed by atoms with Crippen molar-refractivity contribution in [3.63, 3.8) is 0 Å². The average Bonchev–Trinajstić information content (AvgIpc) is 2.69. The van der Waals surface area contributed by atoms with Crippen molar-refractivity contribution >= 4 is 5.96 Å². The molecule has 0 aromatic heterocycles. The van der Waals surface area contributed by atoms with Gasteiger partial charge in [-0.15, -0.1) is 0 Å². The number of guanidine groups is 1. The van der Waals surface area contributed by atoms with Crippen molar-refractivity contribution in [2.75, 3.05) is 26.9 Å². The molecule has 28 heavy (non-hydrogen) atoms. The van der Waals surface area contributed by atoms with E-state index in [0.29, 0.717) is 18.0 Å². The van der Waals surface area contributed by atoms with E-state index in [4.69, 9.17) is 14.6 Å². The van der Waals surface area contributed by atoms with E-state index in [0.717, 1.165) is 24.6 Å². The molecule has 0 aliphatic rings. The molecule has 0 heterocycles. The lowest BCUT2D eigenvalue weighted by Crippen LogP contribution is -2.36.